The van der Waals surface area contributed by atoms with Crippen LogP contribution in [0.1, 0.15) is 22.1 Å². The van der Waals surface area contributed by atoms with Gasteiger partial charge in [0, 0.05) is 12.1 Å². The summed E-state index contributed by atoms with van der Waals surface area (Å²) in [6.45, 7) is 0. The van der Waals surface area contributed by atoms with Crippen LogP contribution in [0.3, 0.4) is 0 Å². The van der Waals surface area contributed by atoms with E-state index in [1.54, 1.807) is 24.3 Å². The fourth-order valence-electron chi connectivity index (χ4n) is 3.31. The van der Waals surface area contributed by atoms with E-state index in [1.165, 1.54) is 27.8 Å². The Bertz CT molecular complexity index is 1120. The zero-order valence-corrected chi connectivity index (χ0v) is 16.2. The van der Waals surface area contributed by atoms with Gasteiger partial charge in [-0.25, -0.2) is 19.1 Å². The van der Waals surface area contributed by atoms with Crippen molar-refractivity contribution < 1.29 is 19.1 Å². The Morgan fingerprint density at radius 2 is 1.83 bits per heavy atom. The number of carbonyl (C=O) groups is 2. The van der Waals surface area contributed by atoms with E-state index in [4.69, 9.17) is 28.9 Å². The van der Waals surface area contributed by atoms with E-state index < -0.39 is 23.7 Å². The average Bonchev–Trinajstić information content (AvgIpc) is 3.20. The molecule has 0 saturated carbocycles. The van der Waals surface area contributed by atoms with Gasteiger partial charge in [0.1, 0.15) is 11.7 Å². The monoisotopic (exact) mass is 434 g/mol. The lowest BCUT2D eigenvalue weighted by molar-refractivity contribution is -0.119. The number of carboxylic acid groups (broad SMARTS) is 1. The number of hydrogen-bond donors (Lipinski definition) is 2. The summed E-state index contributed by atoms with van der Waals surface area (Å²) in [5.74, 6) is -2.38. The molecule has 0 fully saturated rings. The maximum Gasteiger partial charge on any atom is 0.354 e. The molecule has 0 saturated heterocycles. The Labute approximate surface area is 174 Å². The summed E-state index contributed by atoms with van der Waals surface area (Å²) < 4.78 is 15.2. The van der Waals surface area contributed by atoms with E-state index in [-0.39, 0.29) is 33.8 Å². The van der Waals surface area contributed by atoms with Crippen LogP contribution in [-0.4, -0.2) is 26.5 Å². The van der Waals surface area contributed by atoms with Gasteiger partial charge in [0.2, 0.25) is 5.95 Å². The largest absolute Gasteiger partial charge is 0.477 e. The number of rotatable bonds is 4. The highest BCUT2D eigenvalue weighted by Crippen LogP contribution is 2.41. The van der Waals surface area contributed by atoms with E-state index in [0.29, 0.717) is 5.69 Å². The number of amides is 1. The molecule has 1 aromatic heterocycles. The van der Waals surface area contributed by atoms with Gasteiger partial charge >= 0.3 is 5.97 Å². The summed E-state index contributed by atoms with van der Waals surface area (Å²) in [4.78, 5) is 30.2. The minimum Gasteiger partial charge on any atom is -0.477 e. The van der Waals surface area contributed by atoms with Gasteiger partial charge in [0.15, 0.2) is 5.82 Å². The van der Waals surface area contributed by atoms with Crippen LogP contribution in [0.2, 0.25) is 10.0 Å². The zero-order valence-electron chi connectivity index (χ0n) is 14.6. The van der Waals surface area contributed by atoms with Crippen LogP contribution in [0.15, 0.2) is 42.6 Å². The quantitative estimate of drug-likeness (QED) is 0.475. The molecule has 1 aliphatic rings. The summed E-state index contributed by atoms with van der Waals surface area (Å²) in [6, 6.07) is 8.52. The molecule has 1 amide bonds. The van der Waals surface area contributed by atoms with Gasteiger partial charge in [-0.1, -0.05) is 35.3 Å². The SMILES string of the molecule is Nc1ccc(C[C@@H]2C(=O)N(c3cc(Cl)c(F)c(Cl)c3)c3ncc(C(=O)O)n32)cc1. The summed E-state index contributed by atoms with van der Waals surface area (Å²) in [6.07, 6.45) is 1.38. The third-order valence-electron chi connectivity index (χ3n) is 4.65. The van der Waals surface area contributed by atoms with Crippen molar-refractivity contribution >= 4 is 52.4 Å². The number of aromatic carboxylic acids is 1. The predicted molar refractivity (Wildman–Crippen MR) is 106 cm³/mol. The molecule has 0 radical (unpaired) electrons. The van der Waals surface area contributed by atoms with E-state index in [1.807, 2.05) is 0 Å². The number of nitrogens with two attached hydrogens (primary N) is 1. The number of hydrogen-bond acceptors (Lipinski definition) is 4. The van der Waals surface area contributed by atoms with Gasteiger partial charge < -0.3 is 10.8 Å². The average molecular weight is 435 g/mol. The number of fused-ring (bicyclic) bond motifs is 1. The van der Waals surface area contributed by atoms with Crippen molar-refractivity contribution in [3.63, 3.8) is 0 Å². The topological polar surface area (TPSA) is 101 Å². The lowest BCUT2D eigenvalue weighted by atomic mass is 10.0. The zero-order chi connectivity index (χ0) is 20.9. The summed E-state index contributed by atoms with van der Waals surface area (Å²) in [7, 11) is 0. The third-order valence-corrected chi connectivity index (χ3v) is 5.20. The van der Waals surface area contributed by atoms with Crippen molar-refractivity contribution in [1.82, 2.24) is 9.55 Å². The van der Waals surface area contributed by atoms with Crippen molar-refractivity contribution in [3.8, 4) is 0 Å². The highest BCUT2D eigenvalue weighted by molar-refractivity contribution is 6.35. The molecule has 0 spiro atoms. The van der Waals surface area contributed by atoms with E-state index in [2.05, 4.69) is 4.98 Å². The number of carbonyl (C=O) groups excluding carboxylic acids is 1. The first-order valence-electron chi connectivity index (χ1n) is 8.41. The van der Waals surface area contributed by atoms with Crippen molar-refractivity contribution in [1.29, 1.82) is 0 Å². The first-order valence-corrected chi connectivity index (χ1v) is 9.17. The third kappa shape index (κ3) is 3.20. The van der Waals surface area contributed by atoms with Crippen LogP contribution in [0, 0.1) is 5.82 Å². The number of carboxylic acids is 1. The number of anilines is 3. The standard InChI is InChI=1S/C19H13Cl2FN4O3/c20-12-6-11(7-13(21)16(12)22)25-17(27)14(5-9-1-3-10(23)4-2-9)26-15(18(28)29)8-24-19(25)26/h1-4,6-8,14H,5,23H2,(H,28,29)/t14-/m1/s1. The second kappa shape index (κ2) is 7.06. The molecule has 1 atom stereocenters. The molecule has 3 aromatic rings. The molecule has 3 N–H and O–H groups in total. The molecular weight excluding hydrogens is 422 g/mol. The van der Waals surface area contributed by atoms with E-state index in [9.17, 15) is 19.1 Å². The maximum absolute atomic E-state index is 13.8. The molecule has 7 nitrogen and oxygen atoms in total. The summed E-state index contributed by atoms with van der Waals surface area (Å²) in [5, 5.41) is 9.00. The van der Waals surface area contributed by atoms with Crippen LogP contribution < -0.4 is 10.6 Å². The molecule has 10 heteroatoms. The Balaban J connectivity index is 1.83. The summed E-state index contributed by atoms with van der Waals surface area (Å²) >= 11 is 11.8. The minimum atomic E-state index is -1.23. The molecule has 2 heterocycles. The van der Waals surface area contributed by atoms with Gasteiger partial charge in [-0.05, 0) is 29.8 Å². The van der Waals surface area contributed by atoms with Crippen molar-refractivity contribution in [2.24, 2.45) is 0 Å². The maximum atomic E-state index is 13.8. The Morgan fingerprint density at radius 1 is 1.21 bits per heavy atom. The molecule has 1 aliphatic heterocycles. The Kier molecular flexibility index (Phi) is 4.68. The number of nitrogen functional groups attached to an aromatic ring is 1. The van der Waals surface area contributed by atoms with Crippen LogP contribution in [0.5, 0.6) is 0 Å². The lowest BCUT2D eigenvalue weighted by Crippen LogP contribution is -2.27. The van der Waals surface area contributed by atoms with Crippen molar-refractivity contribution in [3.05, 3.63) is 69.7 Å². The van der Waals surface area contributed by atoms with Crippen molar-refractivity contribution in [2.75, 3.05) is 10.6 Å². The molecule has 0 unspecified atom stereocenters. The van der Waals surface area contributed by atoms with Gasteiger partial charge in [-0.15, -0.1) is 0 Å². The number of benzene rings is 2. The highest BCUT2D eigenvalue weighted by Gasteiger charge is 2.42. The molecule has 0 aliphatic carbocycles. The minimum absolute atomic E-state index is 0.0894. The number of imidazole rings is 1. The van der Waals surface area contributed by atoms with E-state index >= 15 is 0 Å². The molecule has 4 rings (SSSR count). The first kappa shape index (κ1) is 19.2. The molecular formula is C19H13Cl2FN4O3. The normalized spacial score (nSPS) is 15.6. The smallest absolute Gasteiger partial charge is 0.354 e. The van der Waals surface area contributed by atoms with Crippen LogP contribution in [0.4, 0.5) is 21.7 Å². The number of nitrogens with zero attached hydrogens (tertiary/aromatic N) is 3. The lowest BCUT2D eigenvalue weighted by Gasteiger charge is -2.17. The van der Waals surface area contributed by atoms with Crippen LogP contribution in [-0.2, 0) is 11.2 Å². The fourth-order valence-corrected chi connectivity index (χ4v) is 3.79. The Morgan fingerprint density at radius 3 is 2.41 bits per heavy atom. The molecule has 29 heavy (non-hydrogen) atoms. The van der Waals surface area contributed by atoms with Gasteiger partial charge in [0.25, 0.3) is 5.91 Å². The van der Waals surface area contributed by atoms with Crippen LogP contribution in [0.25, 0.3) is 0 Å². The number of halogens is 3. The first-order chi connectivity index (χ1) is 13.8. The van der Waals surface area contributed by atoms with Crippen LogP contribution >= 0.6 is 23.2 Å². The predicted octanol–water partition coefficient (Wildman–Crippen LogP) is 4.07. The second-order valence-corrected chi connectivity index (χ2v) is 7.29. The molecule has 0 bridgehead atoms. The molecule has 2 aromatic carbocycles. The van der Waals surface area contributed by atoms with Gasteiger partial charge in [-0.2, -0.15) is 0 Å². The summed E-state index contributed by atoms with van der Waals surface area (Å²) in [5.41, 5.74) is 7.10. The highest BCUT2D eigenvalue weighted by atomic mass is 35.5. The molecule has 148 valence electrons. The Hall–Kier alpha value is -3.10. The van der Waals surface area contributed by atoms with Crippen molar-refractivity contribution in [2.45, 2.75) is 12.5 Å². The van der Waals surface area contributed by atoms with Gasteiger partial charge in [-0.3, -0.25) is 9.36 Å². The number of aromatic nitrogens is 2. The second-order valence-electron chi connectivity index (χ2n) is 6.48. The fraction of sp³-hybridized carbons (Fsp3) is 0.105. The van der Waals surface area contributed by atoms with Gasteiger partial charge in [0.05, 0.1) is 21.9 Å². The van der Waals surface area contributed by atoms with E-state index in [0.717, 1.165) is 5.56 Å².